The lowest BCUT2D eigenvalue weighted by molar-refractivity contribution is -0.132. The van der Waals surface area contributed by atoms with E-state index in [2.05, 4.69) is 15.6 Å². The molecule has 3 aromatic rings. The second-order valence-corrected chi connectivity index (χ2v) is 8.68. The molecule has 34 heavy (non-hydrogen) atoms. The van der Waals surface area contributed by atoms with E-state index in [4.69, 9.17) is 4.74 Å². The summed E-state index contributed by atoms with van der Waals surface area (Å²) in [5.41, 5.74) is 2.83. The third kappa shape index (κ3) is 5.47. The fourth-order valence-corrected chi connectivity index (χ4v) is 4.30. The zero-order valence-electron chi connectivity index (χ0n) is 19.8. The maximum atomic E-state index is 12.6. The molecule has 0 bridgehead atoms. The molecule has 0 saturated carbocycles. The summed E-state index contributed by atoms with van der Waals surface area (Å²) in [7, 11) is 1.61. The third-order valence-corrected chi connectivity index (χ3v) is 6.27. The summed E-state index contributed by atoms with van der Waals surface area (Å²) in [5, 5.41) is 6.91. The zero-order valence-corrected chi connectivity index (χ0v) is 19.8. The average Bonchev–Trinajstić information content (AvgIpc) is 2.88. The summed E-state index contributed by atoms with van der Waals surface area (Å²) in [6, 6.07) is 15.5. The van der Waals surface area contributed by atoms with Crippen molar-refractivity contribution in [2.75, 3.05) is 32.1 Å². The Balaban J connectivity index is 1.51. The lowest BCUT2D eigenvalue weighted by Crippen LogP contribution is -2.39. The molecule has 7 nitrogen and oxygen atoms in total. The number of hydrogen-bond acceptors (Lipinski definition) is 5. The van der Waals surface area contributed by atoms with E-state index in [1.54, 1.807) is 13.2 Å². The molecule has 178 valence electrons. The molecule has 0 radical (unpaired) electrons. The molecule has 2 heterocycles. The second kappa shape index (κ2) is 11.0. The Labute approximate surface area is 200 Å². The molecule has 2 aromatic carbocycles. The Hall–Kier alpha value is -3.61. The van der Waals surface area contributed by atoms with E-state index in [1.807, 2.05) is 60.4 Å². The fourth-order valence-electron chi connectivity index (χ4n) is 4.30. The highest BCUT2D eigenvalue weighted by molar-refractivity contribution is 6.08. The van der Waals surface area contributed by atoms with E-state index >= 15 is 0 Å². The van der Waals surface area contributed by atoms with Crippen molar-refractivity contribution in [3.63, 3.8) is 0 Å². The summed E-state index contributed by atoms with van der Waals surface area (Å²) in [6.45, 7) is 4.24. The molecule has 1 fully saturated rings. The van der Waals surface area contributed by atoms with Crippen molar-refractivity contribution in [1.82, 2.24) is 15.2 Å². The quantitative estimate of drug-likeness (QED) is 0.507. The number of nitrogens with zero attached hydrogens (tertiary/aromatic N) is 2. The van der Waals surface area contributed by atoms with Gasteiger partial charge in [0.25, 0.3) is 5.91 Å². The second-order valence-electron chi connectivity index (χ2n) is 8.68. The minimum absolute atomic E-state index is 0.205. The normalized spacial score (nSPS) is 14.1. The molecule has 1 aliphatic heterocycles. The number of para-hydroxylation sites is 1. The first-order valence-electron chi connectivity index (χ1n) is 12.0. The summed E-state index contributed by atoms with van der Waals surface area (Å²) in [4.78, 5) is 31.1. The van der Waals surface area contributed by atoms with E-state index in [1.165, 1.54) is 0 Å². The summed E-state index contributed by atoms with van der Waals surface area (Å²) in [6.07, 6.45) is 5.02. The number of hydrogen-bond donors (Lipinski definition) is 2. The Bertz CT molecular complexity index is 1140. The summed E-state index contributed by atoms with van der Waals surface area (Å²) < 4.78 is 6.17. The number of ether oxygens (including phenoxy) is 1. The van der Waals surface area contributed by atoms with Gasteiger partial charge in [0.1, 0.15) is 5.75 Å². The van der Waals surface area contributed by atoms with E-state index in [0.29, 0.717) is 30.2 Å². The van der Waals surface area contributed by atoms with Crippen molar-refractivity contribution in [3.05, 3.63) is 60.3 Å². The number of aromatic nitrogens is 1. The largest absolute Gasteiger partial charge is 0.493 e. The molecular weight excluding hydrogens is 428 g/mol. The monoisotopic (exact) mass is 460 g/mol. The van der Waals surface area contributed by atoms with Gasteiger partial charge < -0.3 is 20.3 Å². The molecule has 2 amide bonds. The number of benzene rings is 2. The number of carbonyl (C=O) groups excluding carboxylic acids is 2. The Morgan fingerprint density at radius 1 is 1.12 bits per heavy atom. The summed E-state index contributed by atoms with van der Waals surface area (Å²) >= 11 is 0. The molecule has 0 unspecified atom stereocenters. The predicted molar refractivity (Wildman–Crippen MR) is 135 cm³/mol. The zero-order chi connectivity index (χ0) is 23.9. The number of rotatable bonds is 8. The van der Waals surface area contributed by atoms with Gasteiger partial charge in [-0.15, -0.1) is 0 Å². The standard InChI is InChI=1S/C27H32N4O3/c1-3-7-25(32)31-14-12-19(13-15-31)18-34-21-10-11-24-22(16-21)26(23(17-29-24)27(33)28-2)30-20-8-5-4-6-9-20/h4-6,8-11,16-17,19H,3,7,12-15,18H2,1-2H3,(H,28,33)(H,29,30). The smallest absolute Gasteiger partial charge is 0.254 e. The van der Waals surface area contributed by atoms with Crippen molar-refractivity contribution in [2.45, 2.75) is 32.6 Å². The van der Waals surface area contributed by atoms with Crippen LogP contribution >= 0.6 is 0 Å². The number of nitrogens with one attached hydrogen (secondary N) is 2. The highest BCUT2D eigenvalue weighted by Gasteiger charge is 2.23. The maximum Gasteiger partial charge on any atom is 0.254 e. The van der Waals surface area contributed by atoms with Gasteiger partial charge in [0.05, 0.1) is 23.4 Å². The van der Waals surface area contributed by atoms with Crippen molar-refractivity contribution in [1.29, 1.82) is 0 Å². The summed E-state index contributed by atoms with van der Waals surface area (Å²) in [5.74, 6) is 1.21. The highest BCUT2D eigenvalue weighted by atomic mass is 16.5. The lowest BCUT2D eigenvalue weighted by Gasteiger charge is -2.32. The van der Waals surface area contributed by atoms with Crippen LogP contribution in [-0.4, -0.2) is 48.4 Å². The van der Waals surface area contributed by atoms with Gasteiger partial charge in [-0.05, 0) is 55.5 Å². The number of amides is 2. The van der Waals surface area contributed by atoms with Gasteiger partial charge in [0.15, 0.2) is 0 Å². The van der Waals surface area contributed by atoms with E-state index < -0.39 is 0 Å². The first kappa shape index (κ1) is 23.5. The molecule has 4 rings (SSSR count). The van der Waals surface area contributed by atoms with Crippen LogP contribution in [0.25, 0.3) is 10.9 Å². The van der Waals surface area contributed by atoms with Crippen LogP contribution in [0, 0.1) is 5.92 Å². The van der Waals surface area contributed by atoms with Crippen LogP contribution in [0.2, 0.25) is 0 Å². The maximum absolute atomic E-state index is 12.6. The topological polar surface area (TPSA) is 83.6 Å². The molecule has 2 N–H and O–H groups in total. The van der Waals surface area contributed by atoms with E-state index in [-0.39, 0.29) is 11.8 Å². The van der Waals surface area contributed by atoms with Crippen LogP contribution in [-0.2, 0) is 4.79 Å². The SMILES string of the molecule is CCCC(=O)N1CCC(COc2ccc3ncc(C(=O)NC)c(Nc4ccccc4)c3c2)CC1. The fraction of sp³-hybridized carbons (Fsp3) is 0.370. The molecule has 0 aliphatic carbocycles. The molecule has 1 aromatic heterocycles. The van der Waals surface area contributed by atoms with Gasteiger partial charge in [-0.1, -0.05) is 25.1 Å². The van der Waals surface area contributed by atoms with Gasteiger partial charge in [-0.2, -0.15) is 0 Å². The number of pyridine rings is 1. The number of piperidine rings is 1. The van der Waals surface area contributed by atoms with Gasteiger partial charge in [-0.25, -0.2) is 0 Å². The molecule has 7 heteroatoms. The molecule has 0 spiro atoms. The van der Waals surface area contributed by atoms with Crippen molar-refractivity contribution in [2.24, 2.45) is 5.92 Å². The van der Waals surface area contributed by atoms with Gasteiger partial charge in [0, 0.05) is 43.8 Å². The van der Waals surface area contributed by atoms with Crippen LogP contribution < -0.4 is 15.4 Å². The molecule has 1 aliphatic rings. The van der Waals surface area contributed by atoms with Gasteiger partial charge >= 0.3 is 0 Å². The average molecular weight is 461 g/mol. The number of anilines is 2. The van der Waals surface area contributed by atoms with E-state index in [9.17, 15) is 9.59 Å². The van der Waals surface area contributed by atoms with Crippen LogP contribution in [0.3, 0.4) is 0 Å². The van der Waals surface area contributed by atoms with Crippen LogP contribution in [0.15, 0.2) is 54.7 Å². The van der Waals surface area contributed by atoms with Gasteiger partial charge in [-0.3, -0.25) is 14.6 Å². The van der Waals surface area contributed by atoms with Crippen molar-refractivity contribution < 1.29 is 14.3 Å². The van der Waals surface area contributed by atoms with Crippen LogP contribution in [0.5, 0.6) is 5.75 Å². The predicted octanol–water partition coefficient (Wildman–Crippen LogP) is 4.76. The first-order chi connectivity index (χ1) is 16.6. The Kier molecular flexibility index (Phi) is 7.62. The molecule has 1 saturated heterocycles. The number of likely N-dealkylation sites (tertiary alicyclic amines) is 1. The Morgan fingerprint density at radius 2 is 1.88 bits per heavy atom. The van der Waals surface area contributed by atoms with Crippen LogP contribution in [0.1, 0.15) is 43.0 Å². The van der Waals surface area contributed by atoms with Crippen LogP contribution in [0.4, 0.5) is 11.4 Å². The highest BCUT2D eigenvalue weighted by Crippen LogP contribution is 2.32. The van der Waals surface area contributed by atoms with Crippen molar-refractivity contribution in [3.8, 4) is 5.75 Å². The lowest BCUT2D eigenvalue weighted by atomic mass is 9.97. The van der Waals surface area contributed by atoms with Crippen molar-refractivity contribution >= 4 is 34.1 Å². The number of carbonyl (C=O) groups is 2. The molecule has 0 atom stereocenters. The molecular formula is C27H32N4O3. The minimum atomic E-state index is -0.205. The van der Waals surface area contributed by atoms with E-state index in [0.717, 1.165) is 54.7 Å². The Morgan fingerprint density at radius 3 is 2.59 bits per heavy atom. The number of fused-ring (bicyclic) bond motifs is 1. The van der Waals surface area contributed by atoms with Gasteiger partial charge in [0.2, 0.25) is 5.91 Å². The first-order valence-corrected chi connectivity index (χ1v) is 12.0. The third-order valence-electron chi connectivity index (χ3n) is 6.27. The minimum Gasteiger partial charge on any atom is -0.493 e.